The van der Waals surface area contributed by atoms with Gasteiger partial charge in [-0.25, -0.2) is 0 Å². The first-order chi connectivity index (χ1) is 28.6. The van der Waals surface area contributed by atoms with E-state index in [2.05, 4.69) is 153 Å². The normalized spacial score (nSPS) is 19.3. The third-order valence-corrected chi connectivity index (χ3v) is 25.4. The molecule has 346 valence electrons. The summed E-state index contributed by atoms with van der Waals surface area (Å²) in [5, 5.41) is 4.59. The summed E-state index contributed by atoms with van der Waals surface area (Å²) in [5.41, 5.74) is 1.95. The van der Waals surface area contributed by atoms with Crippen molar-refractivity contribution in [2.24, 2.45) is 35.5 Å². The minimum Gasteiger partial charge on any atom is -0.0776 e. The number of hydrogen-bond donors (Lipinski definition) is 0. The van der Waals surface area contributed by atoms with Gasteiger partial charge in [-0.15, -0.1) is 0 Å². The lowest BCUT2D eigenvalue weighted by Gasteiger charge is -2.35. The van der Waals surface area contributed by atoms with Crippen LogP contribution in [0.5, 0.6) is 0 Å². The van der Waals surface area contributed by atoms with Crippen molar-refractivity contribution in [2.75, 3.05) is 37.5 Å². The molecule has 4 aromatic carbocycles. The smallest absolute Gasteiger partial charge is 0.0776 e. The van der Waals surface area contributed by atoms with Gasteiger partial charge in [0.25, 0.3) is 0 Å². The van der Waals surface area contributed by atoms with E-state index < -0.39 is 22.4 Å². The molecular formula is C57H92F2P3+3. The highest BCUT2D eigenvalue weighted by Gasteiger charge is 2.47. The molecule has 0 saturated heterocycles. The molecule has 0 atom stereocenters. The second kappa shape index (κ2) is 27.5. The molecule has 0 aromatic heterocycles. The van der Waals surface area contributed by atoms with Crippen LogP contribution < -0.4 is 15.9 Å². The lowest BCUT2D eigenvalue weighted by atomic mass is 9.77. The molecule has 2 saturated carbocycles. The Morgan fingerprint density at radius 2 is 0.823 bits per heavy atom. The molecule has 0 aliphatic heterocycles. The molecule has 0 heterocycles. The zero-order valence-electron chi connectivity index (χ0n) is 39.5. The standard InChI is InChI=1S/C28H34P.C16H34P.C11H16F2P.2CH4/c1-23(2)25-20-18-24(19-21-25)22-29(26-12-6-3-7-13-26,27-14-8-4-9-15-27)28-16-10-5-11-17-28;1-6-17(7-2,8-3)13-15-9-11-16(12-10-15)14(4)5;1-9(2)11-6-4-10(5-7-11)8-14(3,12)13;;/h3-17,23-25H,18-22H2,1-2H3;14-16H,6-13H2,1-5H3;4-7,9H,8H2,1-3H3;2*1H4/q3*+1;;. The van der Waals surface area contributed by atoms with Crippen LogP contribution in [0.1, 0.15) is 146 Å². The maximum absolute atomic E-state index is 12.8. The summed E-state index contributed by atoms with van der Waals surface area (Å²) in [6, 6.07) is 41.6. The van der Waals surface area contributed by atoms with Crippen LogP contribution in [0.3, 0.4) is 0 Å². The van der Waals surface area contributed by atoms with E-state index in [1.54, 1.807) is 6.16 Å². The Morgan fingerprint density at radius 1 is 0.484 bits per heavy atom. The topological polar surface area (TPSA) is 0 Å². The Balaban J connectivity index is 0.000000344. The van der Waals surface area contributed by atoms with Crippen molar-refractivity contribution in [3.05, 3.63) is 126 Å². The predicted molar refractivity (Wildman–Crippen MR) is 287 cm³/mol. The van der Waals surface area contributed by atoms with Gasteiger partial charge >= 0.3 is 7.88 Å². The number of halogens is 2. The monoisotopic (exact) mass is 908 g/mol. The molecule has 62 heavy (non-hydrogen) atoms. The van der Waals surface area contributed by atoms with E-state index in [0.717, 1.165) is 47.7 Å². The molecule has 0 spiro atoms. The van der Waals surface area contributed by atoms with Gasteiger partial charge in [0.05, 0.1) is 30.8 Å². The van der Waals surface area contributed by atoms with Gasteiger partial charge < -0.3 is 0 Å². The minimum atomic E-state index is -3.68. The molecule has 6 rings (SSSR count). The van der Waals surface area contributed by atoms with Crippen LogP contribution in [0, 0.1) is 35.5 Å². The Labute approximate surface area is 384 Å². The van der Waals surface area contributed by atoms with Crippen LogP contribution >= 0.6 is 22.4 Å². The van der Waals surface area contributed by atoms with Crippen LogP contribution in [0.2, 0.25) is 0 Å². The summed E-state index contributed by atoms with van der Waals surface area (Å²) >= 11 is 0. The fraction of sp³-hybridized carbons (Fsp3) is 0.579. The van der Waals surface area contributed by atoms with E-state index in [-0.39, 0.29) is 21.0 Å². The first-order valence-electron chi connectivity index (χ1n) is 23.9. The summed E-state index contributed by atoms with van der Waals surface area (Å²) in [6.07, 6.45) is 19.0. The predicted octanol–water partition coefficient (Wildman–Crippen LogP) is 18.0. The minimum absolute atomic E-state index is 0. The Morgan fingerprint density at radius 3 is 1.11 bits per heavy atom. The largest absolute Gasteiger partial charge is 0.389 e. The maximum atomic E-state index is 12.8. The van der Waals surface area contributed by atoms with Crippen LogP contribution in [0.15, 0.2) is 115 Å². The van der Waals surface area contributed by atoms with Crippen molar-refractivity contribution in [3.63, 3.8) is 0 Å². The van der Waals surface area contributed by atoms with E-state index in [4.69, 9.17) is 0 Å². The average molecular weight is 908 g/mol. The van der Waals surface area contributed by atoms with E-state index in [9.17, 15) is 8.39 Å². The molecule has 0 radical (unpaired) electrons. The van der Waals surface area contributed by atoms with E-state index in [0.29, 0.717) is 5.92 Å². The molecule has 0 amide bonds. The molecule has 0 bridgehead atoms. The second-order valence-corrected chi connectivity index (χ2v) is 30.2. The summed E-state index contributed by atoms with van der Waals surface area (Å²) < 4.78 is 25.6. The lowest BCUT2D eigenvalue weighted by Crippen LogP contribution is -2.36. The van der Waals surface area contributed by atoms with Crippen molar-refractivity contribution < 1.29 is 8.39 Å². The van der Waals surface area contributed by atoms with Gasteiger partial charge in [0.2, 0.25) is 0 Å². The van der Waals surface area contributed by atoms with Crippen molar-refractivity contribution in [3.8, 4) is 0 Å². The SMILES string of the molecule is C.C.CC(C)C1CCC(C[P+](c2ccccc2)(c2ccccc2)c2ccccc2)CC1.CC(C)c1ccc(C[P+](C)(F)F)cc1.CC[P+](CC)(CC)CC1CCC(C(C)C)CC1. The first-order valence-corrected chi connectivity index (χ1v) is 30.6. The fourth-order valence-electron chi connectivity index (χ4n) is 10.2. The average Bonchev–Trinajstić information content (AvgIpc) is 3.26. The van der Waals surface area contributed by atoms with E-state index in [1.165, 1.54) is 97.5 Å². The van der Waals surface area contributed by atoms with Crippen molar-refractivity contribution in [1.29, 1.82) is 0 Å². The van der Waals surface area contributed by atoms with Crippen LogP contribution in [-0.2, 0) is 6.16 Å². The van der Waals surface area contributed by atoms with E-state index in [1.807, 2.05) is 24.3 Å². The number of hydrogen-bond acceptors (Lipinski definition) is 0. The van der Waals surface area contributed by atoms with Gasteiger partial charge in [-0.1, -0.05) is 135 Å². The highest BCUT2D eigenvalue weighted by Crippen LogP contribution is 2.62. The summed E-state index contributed by atoms with van der Waals surface area (Å²) in [5.74, 6) is 6.05. The summed E-state index contributed by atoms with van der Waals surface area (Å²) in [4.78, 5) is 0. The molecule has 2 aliphatic carbocycles. The number of rotatable bonds is 15. The molecule has 4 aromatic rings. The van der Waals surface area contributed by atoms with Crippen molar-refractivity contribution in [2.45, 2.75) is 141 Å². The highest BCUT2D eigenvalue weighted by atomic mass is 31.2. The second-order valence-electron chi connectivity index (χ2n) is 19.5. The Bertz CT molecular complexity index is 1610. The van der Waals surface area contributed by atoms with Crippen LogP contribution in [0.4, 0.5) is 8.39 Å². The van der Waals surface area contributed by atoms with Gasteiger partial charge in [0.1, 0.15) is 36.0 Å². The van der Waals surface area contributed by atoms with Crippen molar-refractivity contribution in [1.82, 2.24) is 0 Å². The summed E-state index contributed by atoms with van der Waals surface area (Å²) in [7, 11) is -5.89. The zero-order valence-corrected chi connectivity index (χ0v) is 42.2. The van der Waals surface area contributed by atoms with E-state index >= 15 is 0 Å². The third kappa shape index (κ3) is 16.8. The third-order valence-electron chi connectivity index (χ3n) is 14.6. The lowest BCUT2D eigenvalue weighted by molar-refractivity contribution is 0.236. The van der Waals surface area contributed by atoms with Crippen LogP contribution in [0.25, 0.3) is 0 Å². The molecule has 0 unspecified atom stereocenters. The number of benzene rings is 4. The Hall–Kier alpha value is -1.97. The molecule has 0 N–H and O–H groups in total. The summed E-state index contributed by atoms with van der Waals surface area (Å²) in [6.45, 7) is 22.2. The van der Waals surface area contributed by atoms with Gasteiger partial charge in [0.15, 0.2) is 0 Å². The van der Waals surface area contributed by atoms with Gasteiger partial charge in [0, 0.05) is 7.26 Å². The Kier molecular flexibility index (Phi) is 24.9. The molecule has 2 fully saturated rings. The zero-order chi connectivity index (χ0) is 43.8. The fourth-order valence-corrected chi connectivity index (χ4v) is 19.3. The van der Waals surface area contributed by atoms with Crippen molar-refractivity contribution >= 4 is 38.3 Å². The van der Waals surface area contributed by atoms with Gasteiger partial charge in [-0.05, 0) is 169 Å². The molecule has 2 aliphatic rings. The highest BCUT2D eigenvalue weighted by molar-refractivity contribution is 7.95. The molecular weight excluding hydrogens is 816 g/mol. The van der Waals surface area contributed by atoms with Gasteiger partial charge in [-0.2, -0.15) is 0 Å². The van der Waals surface area contributed by atoms with Gasteiger partial charge in [-0.3, -0.25) is 0 Å². The maximum Gasteiger partial charge on any atom is 0.389 e. The molecule has 0 nitrogen and oxygen atoms in total. The first kappa shape index (κ1) is 56.2. The quantitative estimate of drug-likeness (QED) is 0.104. The van der Waals surface area contributed by atoms with Crippen LogP contribution in [-0.4, -0.2) is 37.5 Å². The molecule has 5 heteroatoms.